The molecular formula is C19H16ClF3N4OS. The molecule has 0 saturated heterocycles. The molecule has 0 fully saturated rings. The molecule has 0 aliphatic rings. The second-order valence-corrected chi connectivity index (χ2v) is 7.61. The highest BCUT2D eigenvalue weighted by Crippen LogP contribution is 2.34. The van der Waals surface area contributed by atoms with E-state index in [0.717, 1.165) is 41.1 Å². The molecule has 0 aliphatic carbocycles. The molecule has 0 atom stereocenters. The summed E-state index contributed by atoms with van der Waals surface area (Å²) in [4.78, 5) is 12.2. The predicted molar refractivity (Wildman–Crippen MR) is 107 cm³/mol. The third-order valence-corrected chi connectivity index (χ3v) is 5.39. The van der Waals surface area contributed by atoms with E-state index in [2.05, 4.69) is 15.5 Å². The molecule has 5 nitrogen and oxygen atoms in total. The van der Waals surface area contributed by atoms with E-state index < -0.39 is 17.6 Å². The van der Waals surface area contributed by atoms with Crippen molar-refractivity contribution in [3.8, 4) is 11.4 Å². The minimum absolute atomic E-state index is 0.0247. The van der Waals surface area contributed by atoms with Crippen LogP contribution in [0.2, 0.25) is 5.02 Å². The molecule has 0 saturated carbocycles. The third kappa shape index (κ3) is 5.10. The van der Waals surface area contributed by atoms with Crippen LogP contribution in [-0.2, 0) is 18.0 Å². The average molecular weight is 441 g/mol. The zero-order chi connectivity index (χ0) is 21.2. The van der Waals surface area contributed by atoms with Gasteiger partial charge in [-0.05, 0) is 25.1 Å². The fraction of sp³-hybridized carbons (Fsp3) is 0.211. The molecule has 1 aromatic heterocycles. The Bertz CT molecular complexity index is 1030. The van der Waals surface area contributed by atoms with Crippen LogP contribution in [-0.4, -0.2) is 26.4 Å². The number of aryl methyl sites for hydroxylation is 1. The lowest BCUT2D eigenvalue weighted by molar-refractivity contribution is -0.137. The summed E-state index contributed by atoms with van der Waals surface area (Å²) in [7, 11) is 1.78. The summed E-state index contributed by atoms with van der Waals surface area (Å²) in [6.45, 7) is 1.98. The molecule has 0 unspecified atom stereocenters. The molecule has 1 heterocycles. The first-order valence-corrected chi connectivity index (χ1v) is 9.77. The third-order valence-electron chi connectivity index (χ3n) is 4.04. The van der Waals surface area contributed by atoms with Crippen molar-refractivity contribution in [2.45, 2.75) is 18.3 Å². The maximum atomic E-state index is 12.8. The number of anilines is 1. The molecule has 0 aliphatic heterocycles. The highest BCUT2D eigenvalue weighted by atomic mass is 35.5. The second-order valence-electron chi connectivity index (χ2n) is 6.26. The molecule has 29 heavy (non-hydrogen) atoms. The van der Waals surface area contributed by atoms with Gasteiger partial charge in [0.05, 0.1) is 22.0 Å². The van der Waals surface area contributed by atoms with E-state index in [-0.39, 0.29) is 16.5 Å². The Morgan fingerprint density at radius 3 is 2.52 bits per heavy atom. The van der Waals surface area contributed by atoms with E-state index >= 15 is 0 Å². The Kier molecular flexibility index (Phi) is 6.18. The number of carbonyl (C=O) groups is 1. The molecule has 1 N–H and O–H groups in total. The number of carbonyl (C=O) groups excluding carboxylic acids is 1. The first-order valence-electron chi connectivity index (χ1n) is 8.41. The fourth-order valence-corrected chi connectivity index (χ4v) is 3.38. The van der Waals surface area contributed by atoms with Gasteiger partial charge in [0, 0.05) is 12.6 Å². The average Bonchev–Trinajstić information content (AvgIpc) is 3.02. The lowest BCUT2D eigenvalue weighted by Gasteiger charge is -2.11. The molecule has 0 radical (unpaired) electrons. The van der Waals surface area contributed by atoms with E-state index in [9.17, 15) is 18.0 Å². The zero-order valence-electron chi connectivity index (χ0n) is 15.4. The van der Waals surface area contributed by atoms with Crippen molar-refractivity contribution >= 4 is 35.0 Å². The predicted octanol–water partition coefficient (Wildman–Crippen LogP) is 5.19. The van der Waals surface area contributed by atoms with Crippen molar-refractivity contribution in [3.05, 3.63) is 58.6 Å². The molecule has 10 heteroatoms. The van der Waals surface area contributed by atoms with Crippen molar-refractivity contribution in [1.29, 1.82) is 0 Å². The van der Waals surface area contributed by atoms with Gasteiger partial charge in [-0.15, -0.1) is 10.2 Å². The smallest absolute Gasteiger partial charge is 0.324 e. The fourth-order valence-electron chi connectivity index (χ4n) is 2.51. The molecule has 0 bridgehead atoms. The number of hydrogen-bond donors (Lipinski definition) is 1. The van der Waals surface area contributed by atoms with Gasteiger partial charge in [0.2, 0.25) is 5.91 Å². The molecule has 152 valence electrons. The van der Waals surface area contributed by atoms with Crippen LogP contribution in [0.3, 0.4) is 0 Å². The Hall–Kier alpha value is -2.52. The number of hydrogen-bond acceptors (Lipinski definition) is 4. The first kappa shape index (κ1) is 21.2. The minimum atomic E-state index is -4.52. The number of alkyl halides is 3. The normalized spacial score (nSPS) is 11.5. The maximum absolute atomic E-state index is 12.8. The van der Waals surface area contributed by atoms with Crippen molar-refractivity contribution in [1.82, 2.24) is 14.8 Å². The summed E-state index contributed by atoms with van der Waals surface area (Å²) in [6.07, 6.45) is -4.52. The van der Waals surface area contributed by atoms with Gasteiger partial charge in [-0.2, -0.15) is 13.2 Å². The quantitative estimate of drug-likeness (QED) is 0.554. The largest absolute Gasteiger partial charge is 0.416 e. The number of benzene rings is 2. The number of aromatic nitrogens is 3. The first-order chi connectivity index (χ1) is 13.6. The van der Waals surface area contributed by atoms with Crippen LogP contribution in [0.5, 0.6) is 0 Å². The van der Waals surface area contributed by atoms with E-state index in [1.54, 1.807) is 11.6 Å². The van der Waals surface area contributed by atoms with Crippen molar-refractivity contribution in [2.75, 3.05) is 11.1 Å². The highest BCUT2D eigenvalue weighted by Gasteiger charge is 2.31. The summed E-state index contributed by atoms with van der Waals surface area (Å²) >= 11 is 7.02. The lowest BCUT2D eigenvalue weighted by atomic mass is 10.1. The van der Waals surface area contributed by atoms with Gasteiger partial charge < -0.3 is 9.88 Å². The van der Waals surface area contributed by atoms with E-state index in [4.69, 9.17) is 11.6 Å². The van der Waals surface area contributed by atoms with Crippen molar-refractivity contribution in [2.24, 2.45) is 7.05 Å². The molecular weight excluding hydrogens is 425 g/mol. The SMILES string of the molecule is Cc1ccc(-c2nnc(SCC(=O)Nc3cc(C(F)(F)F)ccc3Cl)n2C)cc1. The molecule has 0 spiro atoms. The van der Waals surface area contributed by atoms with Gasteiger partial charge in [-0.25, -0.2) is 0 Å². The number of halogens is 4. The summed E-state index contributed by atoms with van der Waals surface area (Å²) < 4.78 is 40.3. The summed E-state index contributed by atoms with van der Waals surface area (Å²) in [5.74, 6) is 0.0804. The van der Waals surface area contributed by atoms with Crippen LogP contribution in [0, 0.1) is 6.92 Å². The standard InChI is InChI=1S/C19H16ClF3N4OS/c1-11-3-5-12(6-4-11)17-25-26-18(27(17)2)29-10-16(28)24-15-9-13(19(21,22)23)7-8-14(15)20/h3-9H,10H2,1-2H3,(H,24,28). The second kappa shape index (κ2) is 8.46. The number of nitrogens with one attached hydrogen (secondary N) is 1. The van der Waals surface area contributed by atoms with E-state index in [1.807, 2.05) is 31.2 Å². The van der Waals surface area contributed by atoms with Crippen LogP contribution >= 0.6 is 23.4 Å². The van der Waals surface area contributed by atoms with Crippen LogP contribution in [0.15, 0.2) is 47.6 Å². The van der Waals surface area contributed by atoms with Gasteiger partial charge in [-0.3, -0.25) is 4.79 Å². The maximum Gasteiger partial charge on any atom is 0.416 e. The van der Waals surface area contributed by atoms with Gasteiger partial charge in [0.25, 0.3) is 0 Å². The lowest BCUT2D eigenvalue weighted by Crippen LogP contribution is -2.16. The molecule has 3 aromatic rings. The molecule has 1 amide bonds. The van der Waals surface area contributed by atoms with Gasteiger partial charge in [0.1, 0.15) is 0 Å². The Morgan fingerprint density at radius 1 is 1.17 bits per heavy atom. The van der Waals surface area contributed by atoms with Crippen molar-refractivity contribution in [3.63, 3.8) is 0 Å². The van der Waals surface area contributed by atoms with Crippen LogP contribution in [0.25, 0.3) is 11.4 Å². The van der Waals surface area contributed by atoms with Crippen LogP contribution in [0.1, 0.15) is 11.1 Å². The molecule has 2 aromatic carbocycles. The van der Waals surface area contributed by atoms with Gasteiger partial charge in [0.15, 0.2) is 11.0 Å². The van der Waals surface area contributed by atoms with E-state index in [1.165, 1.54) is 0 Å². The van der Waals surface area contributed by atoms with E-state index in [0.29, 0.717) is 11.0 Å². The highest BCUT2D eigenvalue weighted by molar-refractivity contribution is 7.99. The topological polar surface area (TPSA) is 59.8 Å². The summed E-state index contributed by atoms with van der Waals surface area (Å²) in [6, 6.07) is 10.5. The minimum Gasteiger partial charge on any atom is -0.324 e. The number of rotatable bonds is 5. The zero-order valence-corrected chi connectivity index (χ0v) is 17.0. The number of amides is 1. The van der Waals surface area contributed by atoms with Crippen LogP contribution < -0.4 is 5.32 Å². The van der Waals surface area contributed by atoms with Gasteiger partial charge in [-0.1, -0.05) is 53.2 Å². The summed E-state index contributed by atoms with van der Waals surface area (Å²) in [5, 5.41) is 11.2. The Balaban J connectivity index is 1.67. The van der Waals surface area contributed by atoms with Gasteiger partial charge >= 0.3 is 6.18 Å². The summed E-state index contributed by atoms with van der Waals surface area (Å²) in [5.41, 5.74) is 1.03. The number of nitrogens with zero attached hydrogens (tertiary/aromatic N) is 3. The van der Waals surface area contributed by atoms with Crippen molar-refractivity contribution < 1.29 is 18.0 Å². The molecule has 3 rings (SSSR count). The number of thioether (sulfide) groups is 1. The van der Waals surface area contributed by atoms with Crippen LogP contribution in [0.4, 0.5) is 18.9 Å². The Morgan fingerprint density at radius 2 is 1.86 bits per heavy atom. The monoisotopic (exact) mass is 440 g/mol. The Labute approximate surface area is 174 Å².